The van der Waals surface area contributed by atoms with Gasteiger partial charge in [0.2, 0.25) is 0 Å². The minimum Gasteiger partial charge on any atom is -0.267 e. The minimum atomic E-state index is -0.457. The fourth-order valence-corrected chi connectivity index (χ4v) is 3.04. The second-order valence-corrected chi connectivity index (χ2v) is 5.94. The van der Waals surface area contributed by atoms with E-state index in [4.69, 9.17) is 0 Å². The van der Waals surface area contributed by atoms with E-state index in [1.807, 2.05) is 48.5 Å². The van der Waals surface area contributed by atoms with Crippen LogP contribution in [0.4, 0.5) is 4.39 Å². The van der Waals surface area contributed by atoms with Gasteiger partial charge in [0.25, 0.3) is 5.91 Å². The van der Waals surface area contributed by atoms with E-state index in [1.165, 1.54) is 18.2 Å². The fraction of sp³-hybridized carbons (Fsp3) is 0. The number of amides is 1. The predicted octanol–water partition coefficient (Wildman–Crippen LogP) is 4.90. The van der Waals surface area contributed by atoms with Crippen molar-refractivity contribution >= 4 is 33.7 Å². The van der Waals surface area contributed by atoms with Crippen LogP contribution in [-0.2, 0) is 0 Å². The molecule has 0 heterocycles. The molecule has 0 spiro atoms. The summed E-state index contributed by atoms with van der Waals surface area (Å²) in [6.45, 7) is 0. The first-order valence-corrected chi connectivity index (χ1v) is 8.22. The highest BCUT2D eigenvalue weighted by atomic mass is 19.1. The molecule has 3 nitrogen and oxygen atoms in total. The van der Waals surface area contributed by atoms with Gasteiger partial charge in [0.05, 0.1) is 6.21 Å². The summed E-state index contributed by atoms with van der Waals surface area (Å²) in [6.07, 6.45) is 1.64. The van der Waals surface area contributed by atoms with Gasteiger partial charge >= 0.3 is 0 Å². The molecule has 0 aliphatic heterocycles. The zero-order valence-corrected chi connectivity index (χ0v) is 13.8. The van der Waals surface area contributed by atoms with Crippen LogP contribution in [0.15, 0.2) is 84.0 Å². The predicted molar refractivity (Wildman–Crippen MR) is 103 cm³/mol. The molecule has 0 fully saturated rings. The Morgan fingerprint density at radius 3 is 2.15 bits per heavy atom. The first-order chi connectivity index (χ1) is 12.7. The lowest BCUT2D eigenvalue weighted by Gasteiger charge is -2.08. The van der Waals surface area contributed by atoms with Crippen molar-refractivity contribution in [1.82, 2.24) is 5.43 Å². The molecule has 0 aliphatic carbocycles. The van der Waals surface area contributed by atoms with E-state index in [9.17, 15) is 9.18 Å². The summed E-state index contributed by atoms with van der Waals surface area (Å²) >= 11 is 0. The Morgan fingerprint density at radius 1 is 0.846 bits per heavy atom. The van der Waals surface area contributed by atoms with E-state index < -0.39 is 11.7 Å². The zero-order chi connectivity index (χ0) is 17.9. The summed E-state index contributed by atoms with van der Waals surface area (Å²) < 4.78 is 13.2. The molecule has 4 aromatic rings. The van der Waals surface area contributed by atoms with Gasteiger partial charge in [-0.15, -0.1) is 0 Å². The van der Waals surface area contributed by atoms with E-state index in [0.29, 0.717) is 0 Å². The monoisotopic (exact) mass is 342 g/mol. The number of rotatable bonds is 3. The van der Waals surface area contributed by atoms with Gasteiger partial charge in [-0.25, -0.2) is 9.82 Å². The standard InChI is InChI=1S/C22H15FN2O/c23-18-9-5-8-17(13-18)22(26)25-24-14-21-19-10-3-1-6-15(19)12-16-7-2-4-11-20(16)21/h1-14H,(H,25,26)/b24-14+. The van der Waals surface area contributed by atoms with Gasteiger partial charge in [-0.3, -0.25) is 4.79 Å². The number of hydrogen-bond acceptors (Lipinski definition) is 2. The van der Waals surface area contributed by atoms with Crippen molar-refractivity contribution in [2.45, 2.75) is 0 Å². The number of halogens is 1. The highest BCUT2D eigenvalue weighted by Gasteiger charge is 2.07. The largest absolute Gasteiger partial charge is 0.271 e. The van der Waals surface area contributed by atoms with Crippen LogP contribution in [0.3, 0.4) is 0 Å². The SMILES string of the molecule is O=C(N/N=C/c1c2ccccc2cc2ccccc12)c1cccc(F)c1. The van der Waals surface area contributed by atoms with E-state index in [2.05, 4.69) is 16.6 Å². The van der Waals surface area contributed by atoms with Gasteiger partial charge in [0.15, 0.2) is 0 Å². The molecule has 0 unspecified atom stereocenters. The van der Waals surface area contributed by atoms with Gasteiger partial charge in [-0.05, 0) is 45.8 Å². The Morgan fingerprint density at radius 2 is 1.50 bits per heavy atom. The lowest BCUT2D eigenvalue weighted by atomic mass is 9.97. The zero-order valence-electron chi connectivity index (χ0n) is 13.8. The fourth-order valence-electron chi connectivity index (χ4n) is 3.04. The molecule has 4 aromatic carbocycles. The number of hydrazone groups is 1. The van der Waals surface area contributed by atoms with Crippen LogP contribution < -0.4 is 5.43 Å². The first-order valence-electron chi connectivity index (χ1n) is 8.22. The second kappa shape index (κ2) is 6.76. The van der Waals surface area contributed by atoms with E-state index in [0.717, 1.165) is 27.1 Å². The second-order valence-electron chi connectivity index (χ2n) is 5.94. The van der Waals surface area contributed by atoms with Crippen LogP contribution in [0.25, 0.3) is 21.5 Å². The van der Waals surface area contributed by atoms with Crippen molar-refractivity contribution in [3.05, 3.63) is 95.8 Å². The summed E-state index contributed by atoms with van der Waals surface area (Å²) in [7, 11) is 0. The quantitative estimate of drug-likeness (QED) is 0.321. The van der Waals surface area contributed by atoms with Crippen molar-refractivity contribution in [2.75, 3.05) is 0 Å². The number of benzene rings is 4. The molecular weight excluding hydrogens is 327 g/mol. The molecule has 0 atom stereocenters. The molecule has 0 aliphatic rings. The Labute approximate surface area is 149 Å². The lowest BCUT2D eigenvalue weighted by molar-refractivity contribution is 0.0954. The van der Waals surface area contributed by atoms with E-state index >= 15 is 0 Å². The van der Waals surface area contributed by atoms with Gasteiger partial charge in [-0.1, -0.05) is 54.6 Å². The van der Waals surface area contributed by atoms with Crippen LogP contribution in [0.1, 0.15) is 15.9 Å². The number of carbonyl (C=O) groups excluding carboxylic acids is 1. The van der Waals surface area contributed by atoms with Crippen LogP contribution in [-0.4, -0.2) is 12.1 Å². The molecule has 126 valence electrons. The molecule has 0 bridgehead atoms. The highest BCUT2D eigenvalue weighted by molar-refractivity contribution is 6.13. The molecule has 1 N–H and O–H groups in total. The van der Waals surface area contributed by atoms with Gasteiger partial charge in [0, 0.05) is 11.1 Å². The molecule has 26 heavy (non-hydrogen) atoms. The average Bonchev–Trinajstić information content (AvgIpc) is 2.67. The molecule has 0 saturated carbocycles. The van der Waals surface area contributed by atoms with Crippen LogP contribution in [0.2, 0.25) is 0 Å². The Hall–Kier alpha value is -3.53. The summed E-state index contributed by atoms with van der Waals surface area (Å²) in [5, 5.41) is 8.40. The van der Waals surface area contributed by atoms with Crippen molar-refractivity contribution in [3.8, 4) is 0 Å². The van der Waals surface area contributed by atoms with Crippen molar-refractivity contribution < 1.29 is 9.18 Å². The molecular formula is C22H15FN2O. The summed E-state index contributed by atoms with van der Waals surface area (Å²) in [4.78, 5) is 12.1. The van der Waals surface area contributed by atoms with Gasteiger partial charge in [-0.2, -0.15) is 5.10 Å². The van der Waals surface area contributed by atoms with E-state index in [-0.39, 0.29) is 5.56 Å². The van der Waals surface area contributed by atoms with E-state index in [1.54, 1.807) is 12.3 Å². The van der Waals surface area contributed by atoms with Crippen LogP contribution in [0, 0.1) is 5.82 Å². The third kappa shape index (κ3) is 3.05. The number of nitrogens with one attached hydrogen (secondary N) is 1. The highest BCUT2D eigenvalue weighted by Crippen LogP contribution is 2.27. The van der Waals surface area contributed by atoms with Crippen molar-refractivity contribution in [1.29, 1.82) is 0 Å². The Kier molecular flexibility index (Phi) is 4.15. The van der Waals surface area contributed by atoms with Crippen LogP contribution >= 0.6 is 0 Å². The average molecular weight is 342 g/mol. The maximum absolute atomic E-state index is 13.2. The lowest BCUT2D eigenvalue weighted by Crippen LogP contribution is -2.17. The molecule has 0 saturated heterocycles. The number of hydrogen-bond donors (Lipinski definition) is 1. The molecule has 1 amide bonds. The topological polar surface area (TPSA) is 41.5 Å². The van der Waals surface area contributed by atoms with Crippen LogP contribution in [0.5, 0.6) is 0 Å². The smallest absolute Gasteiger partial charge is 0.267 e. The molecule has 4 rings (SSSR count). The van der Waals surface area contributed by atoms with Crippen molar-refractivity contribution in [3.63, 3.8) is 0 Å². The first kappa shape index (κ1) is 16.0. The normalized spacial score (nSPS) is 11.3. The molecule has 0 radical (unpaired) electrons. The minimum absolute atomic E-state index is 0.227. The Balaban J connectivity index is 1.71. The van der Waals surface area contributed by atoms with Gasteiger partial charge in [0.1, 0.15) is 5.82 Å². The number of carbonyl (C=O) groups is 1. The third-order valence-electron chi connectivity index (χ3n) is 4.26. The maximum atomic E-state index is 13.2. The Bertz CT molecular complexity index is 1100. The van der Waals surface area contributed by atoms with Gasteiger partial charge < -0.3 is 0 Å². The molecule has 0 aromatic heterocycles. The summed E-state index contributed by atoms with van der Waals surface area (Å²) in [6, 6.07) is 23.7. The maximum Gasteiger partial charge on any atom is 0.271 e. The summed E-state index contributed by atoms with van der Waals surface area (Å²) in [5.74, 6) is -0.910. The van der Waals surface area contributed by atoms with Crippen molar-refractivity contribution in [2.24, 2.45) is 5.10 Å². The number of nitrogens with zero attached hydrogens (tertiary/aromatic N) is 1. The molecule has 4 heteroatoms. The summed E-state index contributed by atoms with van der Waals surface area (Å²) in [5.41, 5.74) is 3.62. The third-order valence-corrected chi connectivity index (χ3v) is 4.26. The number of fused-ring (bicyclic) bond motifs is 2.